The van der Waals surface area contributed by atoms with Crippen molar-refractivity contribution in [3.05, 3.63) is 11.8 Å². The Kier molecular flexibility index (Phi) is 3.81. The molecule has 0 heterocycles. The van der Waals surface area contributed by atoms with Crippen LogP contribution in [0.4, 0.5) is 13.2 Å². The highest BCUT2D eigenvalue weighted by atomic mass is 32.2. The molecule has 0 aliphatic heterocycles. The van der Waals surface area contributed by atoms with Gasteiger partial charge in [0, 0.05) is 11.0 Å². The Bertz CT molecular complexity index is 474. The van der Waals surface area contributed by atoms with Gasteiger partial charge < -0.3 is 4.18 Å². The average molecular weight is 286 g/mol. The molecule has 1 aliphatic carbocycles. The van der Waals surface area contributed by atoms with Gasteiger partial charge in [0.15, 0.2) is 5.78 Å². The van der Waals surface area contributed by atoms with E-state index in [9.17, 15) is 26.4 Å². The van der Waals surface area contributed by atoms with E-state index in [0.717, 1.165) is 0 Å². The van der Waals surface area contributed by atoms with Crippen molar-refractivity contribution >= 4 is 15.9 Å². The quantitative estimate of drug-likeness (QED) is 0.339. The molecular formula is C10H13F3O4S. The molecule has 8 heteroatoms. The number of alkyl halides is 3. The maximum absolute atomic E-state index is 12.0. The van der Waals surface area contributed by atoms with Gasteiger partial charge in [-0.1, -0.05) is 13.8 Å². The van der Waals surface area contributed by atoms with Crippen LogP contribution in [0.5, 0.6) is 0 Å². The van der Waals surface area contributed by atoms with E-state index in [1.807, 2.05) is 0 Å². The molecule has 0 aromatic carbocycles. The second kappa shape index (κ2) is 4.56. The third kappa shape index (κ3) is 3.04. The highest BCUT2D eigenvalue weighted by Gasteiger charge is 2.48. The third-order valence-electron chi connectivity index (χ3n) is 2.75. The number of carbonyl (C=O) groups is 1. The lowest BCUT2D eigenvalue weighted by molar-refractivity contribution is -0.125. The number of ketones is 1. The van der Waals surface area contributed by atoms with E-state index in [4.69, 9.17) is 0 Å². The van der Waals surface area contributed by atoms with E-state index in [-0.39, 0.29) is 17.8 Å². The Balaban J connectivity index is 2.90. The summed E-state index contributed by atoms with van der Waals surface area (Å²) in [5.74, 6) is -0.383. The summed E-state index contributed by atoms with van der Waals surface area (Å²) in [6.45, 7) is 3.31. The zero-order chi connectivity index (χ0) is 14.2. The van der Waals surface area contributed by atoms with Crippen molar-refractivity contribution in [3.63, 3.8) is 0 Å². The summed E-state index contributed by atoms with van der Waals surface area (Å²) in [6.07, 6.45) is 1.83. The largest absolute Gasteiger partial charge is 0.534 e. The Hall–Kier alpha value is -1.05. The molecule has 1 rings (SSSR count). The van der Waals surface area contributed by atoms with Gasteiger partial charge in [-0.15, -0.1) is 0 Å². The Labute approximate surface area is 103 Å². The highest BCUT2D eigenvalue weighted by molar-refractivity contribution is 7.87. The fourth-order valence-electron chi connectivity index (χ4n) is 1.67. The zero-order valence-corrected chi connectivity index (χ0v) is 10.7. The van der Waals surface area contributed by atoms with E-state index < -0.39 is 21.0 Å². The number of carbonyl (C=O) groups excluding carboxylic acids is 1. The summed E-state index contributed by atoms with van der Waals surface area (Å²) >= 11 is 0. The summed E-state index contributed by atoms with van der Waals surface area (Å²) < 4.78 is 61.1. The van der Waals surface area contributed by atoms with Crippen LogP contribution in [0, 0.1) is 5.41 Å². The van der Waals surface area contributed by atoms with Gasteiger partial charge in [0.1, 0.15) is 6.26 Å². The van der Waals surface area contributed by atoms with Crippen molar-refractivity contribution in [2.24, 2.45) is 5.41 Å². The standard InChI is InChI=1S/C10H13F3O4S/c1-9(2)5-3-4-7(8(9)14)6-17-18(15,16)10(11,12)13/h6H,3-5H2,1-2H3/b7-6-. The van der Waals surface area contributed by atoms with Crippen LogP contribution < -0.4 is 0 Å². The number of halogens is 3. The maximum Gasteiger partial charge on any atom is 0.534 e. The van der Waals surface area contributed by atoms with Crippen molar-refractivity contribution in [2.75, 3.05) is 0 Å². The van der Waals surface area contributed by atoms with E-state index in [1.54, 1.807) is 13.8 Å². The molecule has 104 valence electrons. The lowest BCUT2D eigenvalue weighted by atomic mass is 9.74. The van der Waals surface area contributed by atoms with Gasteiger partial charge in [-0.25, -0.2) is 0 Å². The first-order valence-electron chi connectivity index (χ1n) is 5.21. The lowest BCUT2D eigenvalue weighted by Gasteiger charge is -2.28. The molecule has 0 aromatic heterocycles. The van der Waals surface area contributed by atoms with Gasteiger partial charge >= 0.3 is 15.6 Å². The van der Waals surface area contributed by atoms with Gasteiger partial charge in [-0.2, -0.15) is 21.6 Å². The van der Waals surface area contributed by atoms with Gasteiger partial charge in [0.05, 0.1) is 0 Å². The summed E-state index contributed by atoms with van der Waals surface area (Å²) in [4.78, 5) is 11.8. The molecule has 0 atom stereocenters. The van der Waals surface area contributed by atoms with Crippen molar-refractivity contribution in [1.29, 1.82) is 0 Å². The van der Waals surface area contributed by atoms with Crippen LogP contribution in [0.1, 0.15) is 33.1 Å². The number of allylic oxidation sites excluding steroid dienone is 1. The fraction of sp³-hybridized carbons (Fsp3) is 0.700. The SMILES string of the molecule is CC1(C)CCC/C(=C/OS(=O)(=O)C(F)(F)F)C1=O. The van der Waals surface area contributed by atoms with Crippen LogP contribution >= 0.6 is 0 Å². The summed E-state index contributed by atoms with van der Waals surface area (Å²) in [5.41, 5.74) is -6.22. The Morgan fingerprint density at radius 3 is 2.39 bits per heavy atom. The first kappa shape index (κ1) is 15.0. The van der Waals surface area contributed by atoms with Gasteiger partial charge in [0.25, 0.3) is 0 Å². The number of Topliss-reactive ketones (excluding diaryl/α,β-unsaturated/α-hetero) is 1. The van der Waals surface area contributed by atoms with Crippen LogP contribution in [0.3, 0.4) is 0 Å². The topological polar surface area (TPSA) is 60.4 Å². The molecule has 4 nitrogen and oxygen atoms in total. The highest BCUT2D eigenvalue weighted by Crippen LogP contribution is 2.35. The van der Waals surface area contributed by atoms with Gasteiger partial charge in [0.2, 0.25) is 0 Å². The van der Waals surface area contributed by atoms with Crippen LogP contribution in [-0.2, 0) is 19.1 Å². The van der Waals surface area contributed by atoms with Crippen molar-refractivity contribution in [1.82, 2.24) is 0 Å². The lowest BCUT2D eigenvalue weighted by Crippen LogP contribution is -2.30. The van der Waals surface area contributed by atoms with E-state index in [0.29, 0.717) is 19.1 Å². The molecule has 0 N–H and O–H groups in total. The predicted octanol–water partition coefficient (Wildman–Crippen LogP) is 2.52. The fourth-order valence-corrected chi connectivity index (χ4v) is 2.02. The summed E-state index contributed by atoms with van der Waals surface area (Å²) in [6, 6.07) is 0. The molecule has 18 heavy (non-hydrogen) atoms. The molecule has 0 spiro atoms. The summed E-state index contributed by atoms with van der Waals surface area (Å²) in [5, 5.41) is 0. The number of hydrogen-bond acceptors (Lipinski definition) is 4. The van der Waals surface area contributed by atoms with Crippen molar-refractivity contribution in [2.45, 2.75) is 38.6 Å². The molecule has 0 amide bonds. The van der Waals surface area contributed by atoms with E-state index >= 15 is 0 Å². The van der Waals surface area contributed by atoms with Crippen molar-refractivity contribution < 1.29 is 30.6 Å². The van der Waals surface area contributed by atoms with E-state index in [1.165, 1.54) is 0 Å². The molecule has 1 fully saturated rings. The molecule has 0 aromatic rings. The number of hydrogen-bond donors (Lipinski definition) is 0. The van der Waals surface area contributed by atoms with Crippen LogP contribution in [0.15, 0.2) is 11.8 Å². The average Bonchev–Trinajstić information content (AvgIpc) is 2.18. The maximum atomic E-state index is 12.0. The monoisotopic (exact) mass is 286 g/mol. The van der Waals surface area contributed by atoms with Crippen LogP contribution in [0.2, 0.25) is 0 Å². The normalized spacial score (nSPS) is 23.2. The third-order valence-corrected chi connectivity index (χ3v) is 3.67. The predicted molar refractivity (Wildman–Crippen MR) is 56.8 cm³/mol. The second-order valence-electron chi connectivity index (χ2n) is 4.71. The summed E-state index contributed by atoms with van der Waals surface area (Å²) in [7, 11) is -5.69. The number of rotatable bonds is 2. The van der Waals surface area contributed by atoms with Gasteiger partial charge in [-0.05, 0) is 19.3 Å². The molecule has 0 saturated heterocycles. The van der Waals surface area contributed by atoms with E-state index in [2.05, 4.69) is 4.18 Å². The molecule has 0 radical (unpaired) electrons. The van der Waals surface area contributed by atoms with Gasteiger partial charge in [-0.3, -0.25) is 4.79 Å². The minimum atomic E-state index is -5.69. The molecular weight excluding hydrogens is 273 g/mol. The second-order valence-corrected chi connectivity index (χ2v) is 6.27. The Morgan fingerprint density at radius 1 is 1.33 bits per heavy atom. The van der Waals surface area contributed by atoms with Crippen LogP contribution in [-0.4, -0.2) is 19.7 Å². The first-order chi connectivity index (χ1) is 7.97. The smallest absolute Gasteiger partial charge is 0.384 e. The zero-order valence-electron chi connectivity index (χ0n) is 9.87. The molecule has 1 aliphatic rings. The first-order valence-corrected chi connectivity index (χ1v) is 6.61. The van der Waals surface area contributed by atoms with Crippen LogP contribution in [0.25, 0.3) is 0 Å². The minimum Gasteiger partial charge on any atom is -0.384 e. The van der Waals surface area contributed by atoms with Crippen molar-refractivity contribution in [3.8, 4) is 0 Å². The molecule has 0 unspecified atom stereocenters. The Morgan fingerprint density at radius 2 is 1.89 bits per heavy atom. The molecule has 0 bridgehead atoms. The molecule has 1 saturated carbocycles. The minimum absolute atomic E-state index is 0.0286.